The van der Waals surface area contributed by atoms with Crippen molar-refractivity contribution in [1.29, 1.82) is 0 Å². The number of rotatable bonds is 7. The minimum absolute atomic E-state index is 0.00844. The van der Waals surface area contributed by atoms with Gasteiger partial charge in [-0.25, -0.2) is 4.79 Å². The standard InChI is InChI=1S/C10H18N2OS/c1-14-9-5-3-2-4-7-12-8-6-11-10(12)13/h6,8H,2-5,7,9H2,1H3,(H,11,13). The second-order valence-electron chi connectivity index (χ2n) is 3.37. The zero-order chi connectivity index (χ0) is 10.2. The summed E-state index contributed by atoms with van der Waals surface area (Å²) in [5.74, 6) is 1.25. The maximum Gasteiger partial charge on any atom is 0.325 e. The number of aromatic amines is 1. The fourth-order valence-electron chi connectivity index (χ4n) is 1.41. The Bertz CT molecular complexity index is 292. The quantitative estimate of drug-likeness (QED) is 0.706. The van der Waals surface area contributed by atoms with Crippen molar-refractivity contribution >= 4 is 11.8 Å². The van der Waals surface area contributed by atoms with Crippen molar-refractivity contribution in [3.8, 4) is 0 Å². The fraction of sp³-hybridized carbons (Fsp3) is 0.700. The van der Waals surface area contributed by atoms with Crippen LogP contribution in [-0.2, 0) is 6.54 Å². The van der Waals surface area contributed by atoms with Crippen LogP contribution >= 0.6 is 11.8 Å². The first-order chi connectivity index (χ1) is 6.84. The molecule has 0 saturated carbocycles. The molecule has 1 aromatic rings. The van der Waals surface area contributed by atoms with Crippen molar-refractivity contribution in [1.82, 2.24) is 9.55 Å². The second kappa shape index (κ2) is 6.76. The highest BCUT2D eigenvalue weighted by Crippen LogP contribution is 2.05. The van der Waals surface area contributed by atoms with Crippen molar-refractivity contribution in [2.75, 3.05) is 12.0 Å². The topological polar surface area (TPSA) is 37.8 Å². The molecule has 0 radical (unpaired) electrons. The number of aryl methyl sites for hydroxylation is 1. The average molecular weight is 214 g/mol. The van der Waals surface area contributed by atoms with Crippen LogP contribution in [0.3, 0.4) is 0 Å². The summed E-state index contributed by atoms with van der Waals surface area (Å²) in [6, 6.07) is 0. The van der Waals surface area contributed by atoms with Crippen molar-refractivity contribution < 1.29 is 0 Å². The number of hydrogen-bond acceptors (Lipinski definition) is 2. The number of nitrogens with zero attached hydrogens (tertiary/aromatic N) is 1. The highest BCUT2D eigenvalue weighted by atomic mass is 32.2. The lowest BCUT2D eigenvalue weighted by Gasteiger charge is -2.00. The molecule has 4 heteroatoms. The SMILES string of the molecule is CSCCCCCCn1cc[nH]c1=O. The summed E-state index contributed by atoms with van der Waals surface area (Å²) in [6.45, 7) is 0.849. The van der Waals surface area contributed by atoms with Crippen LogP contribution in [0.1, 0.15) is 25.7 Å². The third-order valence-corrected chi connectivity index (χ3v) is 2.92. The lowest BCUT2D eigenvalue weighted by molar-refractivity contribution is 0.573. The number of nitrogens with one attached hydrogen (secondary N) is 1. The van der Waals surface area contributed by atoms with Gasteiger partial charge in [-0.15, -0.1) is 0 Å². The number of hydrogen-bond donors (Lipinski definition) is 1. The maximum absolute atomic E-state index is 11.1. The molecule has 0 bridgehead atoms. The van der Waals surface area contributed by atoms with Crippen molar-refractivity contribution in [2.45, 2.75) is 32.2 Å². The summed E-state index contributed by atoms with van der Waals surface area (Å²) in [5.41, 5.74) is 0.00844. The van der Waals surface area contributed by atoms with Crippen LogP contribution in [0.5, 0.6) is 0 Å². The lowest BCUT2D eigenvalue weighted by atomic mass is 10.2. The van der Waals surface area contributed by atoms with Gasteiger partial charge in [0.05, 0.1) is 0 Å². The van der Waals surface area contributed by atoms with Crippen molar-refractivity contribution in [2.24, 2.45) is 0 Å². The number of imidazole rings is 1. The van der Waals surface area contributed by atoms with Gasteiger partial charge in [0.15, 0.2) is 0 Å². The maximum atomic E-state index is 11.1. The molecule has 0 amide bonds. The van der Waals surface area contributed by atoms with Gasteiger partial charge in [-0.2, -0.15) is 11.8 Å². The number of unbranched alkanes of at least 4 members (excludes halogenated alkanes) is 3. The Balaban J connectivity index is 2.05. The minimum Gasteiger partial charge on any atom is -0.313 e. The van der Waals surface area contributed by atoms with E-state index in [1.54, 1.807) is 10.8 Å². The summed E-state index contributed by atoms with van der Waals surface area (Å²) in [7, 11) is 0. The summed E-state index contributed by atoms with van der Waals surface area (Å²) >= 11 is 1.90. The van der Waals surface area contributed by atoms with E-state index in [1.807, 2.05) is 18.0 Å². The molecule has 3 nitrogen and oxygen atoms in total. The van der Waals surface area contributed by atoms with E-state index < -0.39 is 0 Å². The molecule has 0 fully saturated rings. The van der Waals surface area contributed by atoms with Crippen LogP contribution in [0.25, 0.3) is 0 Å². The van der Waals surface area contributed by atoms with Gasteiger partial charge in [-0.05, 0) is 24.9 Å². The van der Waals surface area contributed by atoms with Crippen LogP contribution in [-0.4, -0.2) is 21.6 Å². The van der Waals surface area contributed by atoms with Gasteiger partial charge < -0.3 is 4.98 Å². The first-order valence-electron chi connectivity index (χ1n) is 5.07. The summed E-state index contributed by atoms with van der Waals surface area (Å²) in [4.78, 5) is 13.7. The van der Waals surface area contributed by atoms with E-state index in [-0.39, 0.29) is 5.69 Å². The van der Waals surface area contributed by atoms with E-state index in [1.165, 1.54) is 25.0 Å². The Kier molecular flexibility index (Phi) is 5.52. The second-order valence-corrected chi connectivity index (χ2v) is 4.35. The van der Waals surface area contributed by atoms with Crippen molar-refractivity contribution in [3.63, 3.8) is 0 Å². The number of aromatic nitrogens is 2. The zero-order valence-corrected chi connectivity index (χ0v) is 9.48. The Hall–Kier alpha value is -0.640. The third kappa shape index (κ3) is 4.05. The molecule has 0 atom stereocenters. The lowest BCUT2D eigenvalue weighted by Crippen LogP contribution is -2.15. The van der Waals surface area contributed by atoms with Crippen LogP contribution in [0.2, 0.25) is 0 Å². The summed E-state index contributed by atoms with van der Waals surface area (Å²) in [6.07, 6.45) is 10.5. The molecule has 1 N–H and O–H groups in total. The Morgan fingerprint density at radius 3 is 2.79 bits per heavy atom. The van der Waals surface area contributed by atoms with Crippen molar-refractivity contribution in [3.05, 3.63) is 22.9 Å². The third-order valence-electron chi connectivity index (χ3n) is 2.22. The molecule has 1 rings (SSSR count). The normalized spacial score (nSPS) is 10.6. The number of thioether (sulfide) groups is 1. The largest absolute Gasteiger partial charge is 0.325 e. The first kappa shape index (κ1) is 11.4. The predicted molar refractivity (Wildman–Crippen MR) is 61.9 cm³/mol. The zero-order valence-electron chi connectivity index (χ0n) is 8.66. The molecule has 14 heavy (non-hydrogen) atoms. The molecule has 0 aliphatic heterocycles. The van der Waals surface area contributed by atoms with E-state index in [4.69, 9.17) is 0 Å². The van der Waals surface area contributed by atoms with Gasteiger partial charge in [0.2, 0.25) is 0 Å². The number of H-pyrrole nitrogens is 1. The van der Waals surface area contributed by atoms with E-state index >= 15 is 0 Å². The predicted octanol–water partition coefficient (Wildman–Crippen LogP) is 2.10. The van der Waals surface area contributed by atoms with Gasteiger partial charge in [0.1, 0.15) is 0 Å². The molecule has 0 aliphatic rings. The van der Waals surface area contributed by atoms with Gasteiger partial charge >= 0.3 is 5.69 Å². The monoisotopic (exact) mass is 214 g/mol. The first-order valence-corrected chi connectivity index (χ1v) is 6.46. The van der Waals surface area contributed by atoms with Gasteiger partial charge in [-0.1, -0.05) is 12.8 Å². The van der Waals surface area contributed by atoms with E-state index in [0.717, 1.165) is 13.0 Å². The van der Waals surface area contributed by atoms with Crippen LogP contribution in [0.4, 0.5) is 0 Å². The minimum atomic E-state index is 0.00844. The van der Waals surface area contributed by atoms with Gasteiger partial charge in [-0.3, -0.25) is 4.57 Å². The molecular weight excluding hydrogens is 196 g/mol. The molecule has 80 valence electrons. The highest BCUT2D eigenvalue weighted by Gasteiger charge is 1.95. The van der Waals surface area contributed by atoms with Crippen LogP contribution in [0.15, 0.2) is 17.2 Å². The molecule has 0 unspecified atom stereocenters. The molecule has 1 aromatic heterocycles. The molecule has 0 aliphatic carbocycles. The van der Waals surface area contributed by atoms with E-state index in [2.05, 4.69) is 11.2 Å². The van der Waals surface area contributed by atoms with E-state index in [0.29, 0.717) is 0 Å². The molecule has 0 spiro atoms. The average Bonchev–Trinajstić information content (AvgIpc) is 2.58. The molecule has 0 saturated heterocycles. The van der Waals surface area contributed by atoms with Gasteiger partial charge in [0, 0.05) is 18.9 Å². The Labute approximate surface area is 88.9 Å². The highest BCUT2D eigenvalue weighted by molar-refractivity contribution is 7.98. The fourth-order valence-corrected chi connectivity index (χ4v) is 1.90. The molecule has 1 heterocycles. The van der Waals surface area contributed by atoms with Crippen LogP contribution < -0.4 is 5.69 Å². The van der Waals surface area contributed by atoms with Crippen LogP contribution in [0, 0.1) is 0 Å². The van der Waals surface area contributed by atoms with E-state index in [9.17, 15) is 4.79 Å². The van der Waals surface area contributed by atoms with Gasteiger partial charge in [0.25, 0.3) is 0 Å². The summed E-state index contributed by atoms with van der Waals surface area (Å²) < 4.78 is 1.73. The summed E-state index contributed by atoms with van der Waals surface area (Å²) in [5, 5.41) is 0. The Morgan fingerprint density at radius 2 is 2.14 bits per heavy atom. The Morgan fingerprint density at radius 1 is 1.36 bits per heavy atom. The molecular formula is C10H18N2OS. The smallest absolute Gasteiger partial charge is 0.313 e. The molecule has 0 aromatic carbocycles.